The SMILES string of the molecule is O=C1CCCc2cc(S(=O)(=O)N3CCCC3=O)ccc2N1. The average molecular weight is 308 g/mol. The van der Waals surface area contributed by atoms with Gasteiger partial charge in [-0.15, -0.1) is 0 Å². The van der Waals surface area contributed by atoms with E-state index in [9.17, 15) is 18.0 Å². The molecule has 2 aliphatic heterocycles. The van der Waals surface area contributed by atoms with Crippen LogP contribution in [-0.4, -0.2) is 31.1 Å². The number of aryl methyl sites for hydroxylation is 1. The second kappa shape index (κ2) is 5.14. The molecule has 0 unspecified atom stereocenters. The molecule has 1 aromatic carbocycles. The monoisotopic (exact) mass is 308 g/mol. The molecule has 21 heavy (non-hydrogen) atoms. The third kappa shape index (κ3) is 2.53. The van der Waals surface area contributed by atoms with Crippen molar-refractivity contribution in [2.75, 3.05) is 11.9 Å². The van der Waals surface area contributed by atoms with Gasteiger partial charge in [-0.3, -0.25) is 9.59 Å². The fourth-order valence-corrected chi connectivity index (χ4v) is 4.23. The molecule has 1 saturated heterocycles. The second-order valence-corrected chi connectivity index (χ2v) is 7.16. The van der Waals surface area contributed by atoms with Crippen LogP contribution in [0.2, 0.25) is 0 Å². The summed E-state index contributed by atoms with van der Waals surface area (Å²) >= 11 is 0. The van der Waals surface area contributed by atoms with Gasteiger partial charge in [0.1, 0.15) is 0 Å². The van der Waals surface area contributed by atoms with E-state index >= 15 is 0 Å². The Kier molecular flexibility index (Phi) is 3.44. The number of benzene rings is 1. The largest absolute Gasteiger partial charge is 0.326 e. The highest BCUT2D eigenvalue weighted by Crippen LogP contribution is 2.28. The first-order valence-electron chi connectivity index (χ1n) is 6.97. The van der Waals surface area contributed by atoms with Gasteiger partial charge in [-0.25, -0.2) is 12.7 Å². The van der Waals surface area contributed by atoms with Crippen LogP contribution in [0.5, 0.6) is 0 Å². The molecular formula is C14H16N2O4S. The van der Waals surface area contributed by atoms with Gasteiger partial charge in [0.2, 0.25) is 11.8 Å². The lowest BCUT2D eigenvalue weighted by Gasteiger charge is -2.17. The fraction of sp³-hybridized carbons (Fsp3) is 0.429. The van der Waals surface area contributed by atoms with Crippen LogP contribution in [-0.2, 0) is 26.0 Å². The molecule has 112 valence electrons. The van der Waals surface area contributed by atoms with Crippen LogP contribution in [0.3, 0.4) is 0 Å². The van der Waals surface area contributed by atoms with E-state index in [1.165, 1.54) is 6.07 Å². The van der Waals surface area contributed by atoms with Gasteiger partial charge in [-0.2, -0.15) is 0 Å². The van der Waals surface area contributed by atoms with Gasteiger partial charge in [0.15, 0.2) is 0 Å². The number of carbonyl (C=O) groups excluding carboxylic acids is 2. The number of nitrogens with zero attached hydrogens (tertiary/aromatic N) is 1. The van der Waals surface area contributed by atoms with Crippen LogP contribution in [0, 0.1) is 0 Å². The molecule has 3 rings (SSSR count). The number of sulfonamides is 1. The van der Waals surface area contributed by atoms with E-state index in [2.05, 4.69) is 5.32 Å². The minimum atomic E-state index is -3.78. The predicted octanol–water partition coefficient (Wildman–Crippen LogP) is 1.27. The van der Waals surface area contributed by atoms with E-state index in [0.717, 1.165) is 9.87 Å². The molecule has 6 nitrogen and oxygen atoms in total. The topological polar surface area (TPSA) is 83.6 Å². The molecule has 1 aromatic rings. The van der Waals surface area contributed by atoms with Gasteiger partial charge < -0.3 is 5.32 Å². The lowest BCUT2D eigenvalue weighted by atomic mass is 10.1. The van der Waals surface area contributed by atoms with E-state index in [4.69, 9.17) is 0 Å². The highest BCUT2D eigenvalue weighted by Gasteiger charge is 2.33. The molecule has 7 heteroatoms. The number of fused-ring (bicyclic) bond motifs is 1. The molecule has 2 aliphatic rings. The van der Waals surface area contributed by atoms with Crippen LogP contribution in [0.15, 0.2) is 23.1 Å². The molecule has 0 aromatic heterocycles. The van der Waals surface area contributed by atoms with Gasteiger partial charge in [0.25, 0.3) is 10.0 Å². The fourth-order valence-electron chi connectivity index (χ4n) is 2.72. The molecule has 0 atom stereocenters. The number of hydrogen-bond acceptors (Lipinski definition) is 4. The highest BCUT2D eigenvalue weighted by atomic mass is 32.2. The van der Waals surface area contributed by atoms with Crippen LogP contribution in [0.1, 0.15) is 31.2 Å². The van der Waals surface area contributed by atoms with E-state index in [1.807, 2.05) is 0 Å². The average Bonchev–Trinajstić information content (AvgIpc) is 2.78. The molecule has 0 aliphatic carbocycles. The Bertz CT molecular complexity index is 712. The van der Waals surface area contributed by atoms with Crippen molar-refractivity contribution < 1.29 is 18.0 Å². The molecule has 2 heterocycles. The number of hydrogen-bond donors (Lipinski definition) is 1. The molecule has 1 fully saturated rings. The number of nitrogens with one attached hydrogen (secondary N) is 1. The lowest BCUT2D eigenvalue weighted by Crippen LogP contribution is -2.32. The Morgan fingerprint density at radius 1 is 1.05 bits per heavy atom. The first-order valence-corrected chi connectivity index (χ1v) is 8.41. The van der Waals surface area contributed by atoms with Crippen LogP contribution < -0.4 is 5.32 Å². The first kappa shape index (κ1) is 14.1. The number of anilines is 1. The molecule has 0 bridgehead atoms. The van der Waals surface area contributed by atoms with Gasteiger partial charge in [-0.05, 0) is 43.0 Å². The maximum atomic E-state index is 12.5. The normalized spacial score (nSPS) is 19.1. The summed E-state index contributed by atoms with van der Waals surface area (Å²) in [5.74, 6) is -0.405. The summed E-state index contributed by atoms with van der Waals surface area (Å²) in [6, 6.07) is 4.62. The zero-order valence-corrected chi connectivity index (χ0v) is 12.3. The smallest absolute Gasteiger partial charge is 0.266 e. The minimum absolute atomic E-state index is 0.0564. The van der Waals surface area contributed by atoms with E-state index in [0.29, 0.717) is 31.4 Å². The lowest BCUT2D eigenvalue weighted by molar-refractivity contribution is -0.123. The van der Waals surface area contributed by atoms with Gasteiger partial charge in [-0.1, -0.05) is 0 Å². The maximum Gasteiger partial charge on any atom is 0.266 e. The summed E-state index contributed by atoms with van der Waals surface area (Å²) in [5.41, 5.74) is 1.46. The molecule has 0 spiro atoms. The molecular weight excluding hydrogens is 292 g/mol. The quantitative estimate of drug-likeness (QED) is 0.892. The number of carbonyl (C=O) groups is 2. The summed E-state index contributed by atoms with van der Waals surface area (Å²) < 4.78 is 25.9. The first-order chi connectivity index (χ1) is 9.98. The summed E-state index contributed by atoms with van der Waals surface area (Å²) in [4.78, 5) is 23.3. The summed E-state index contributed by atoms with van der Waals surface area (Å²) in [5, 5.41) is 2.77. The standard InChI is InChI=1S/C14H16N2O4S/c17-13-4-1-3-10-9-11(6-7-12(10)15-13)21(19,20)16-8-2-5-14(16)18/h6-7,9H,1-5,8H2,(H,15,17). The third-order valence-electron chi connectivity index (χ3n) is 3.82. The van der Waals surface area contributed by atoms with Crippen molar-refractivity contribution in [1.29, 1.82) is 0 Å². The van der Waals surface area contributed by atoms with Crippen molar-refractivity contribution >= 4 is 27.5 Å². The number of rotatable bonds is 2. The van der Waals surface area contributed by atoms with E-state index < -0.39 is 10.0 Å². The molecule has 1 N–H and O–H groups in total. The van der Waals surface area contributed by atoms with Crippen molar-refractivity contribution in [2.24, 2.45) is 0 Å². The highest BCUT2D eigenvalue weighted by molar-refractivity contribution is 7.89. The summed E-state index contributed by atoms with van der Waals surface area (Å²) in [7, 11) is -3.78. The van der Waals surface area contributed by atoms with Crippen molar-refractivity contribution in [2.45, 2.75) is 37.0 Å². The van der Waals surface area contributed by atoms with Crippen molar-refractivity contribution in [3.05, 3.63) is 23.8 Å². The molecule has 0 radical (unpaired) electrons. The maximum absolute atomic E-state index is 12.5. The Balaban J connectivity index is 1.98. The zero-order valence-electron chi connectivity index (χ0n) is 11.5. The third-order valence-corrected chi connectivity index (χ3v) is 5.63. The van der Waals surface area contributed by atoms with Crippen molar-refractivity contribution in [3.63, 3.8) is 0 Å². The summed E-state index contributed by atoms with van der Waals surface area (Å²) in [6.45, 7) is 0.245. The predicted molar refractivity (Wildman–Crippen MR) is 76.1 cm³/mol. The van der Waals surface area contributed by atoms with Crippen LogP contribution >= 0.6 is 0 Å². The Hall–Kier alpha value is -1.89. The molecule has 0 saturated carbocycles. The zero-order chi connectivity index (χ0) is 15.0. The van der Waals surface area contributed by atoms with Crippen LogP contribution in [0.4, 0.5) is 5.69 Å². The van der Waals surface area contributed by atoms with Gasteiger partial charge >= 0.3 is 0 Å². The summed E-state index contributed by atoms with van der Waals surface area (Å²) in [6.07, 6.45) is 2.61. The van der Waals surface area contributed by atoms with E-state index in [-0.39, 0.29) is 29.7 Å². The second-order valence-electron chi connectivity index (χ2n) is 5.30. The van der Waals surface area contributed by atoms with Crippen molar-refractivity contribution in [1.82, 2.24) is 4.31 Å². The molecule has 2 amide bonds. The van der Waals surface area contributed by atoms with Crippen molar-refractivity contribution in [3.8, 4) is 0 Å². The Morgan fingerprint density at radius 3 is 2.57 bits per heavy atom. The van der Waals surface area contributed by atoms with Gasteiger partial charge in [0.05, 0.1) is 4.90 Å². The Labute approximate surface area is 123 Å². The minimum Gasteiger partial charge on any atom is -0.326 e. The van der Waals surface area contributed by atoms with E-state index in [1.54, 1.807) is 12.1 Å². The van der Waals surface area contributed by atoms with Gasteiger partial charge in [0, 0.05) is 25.1 Å². The Morgan fingerprint density at radius 2 is 1.86 bits per heavy atom. The number of amides is 2. The van der Waals surface area contributed by atoms with Crippen LogP contribution in [0.25, 0.3) is 0 Å².